The van der Waals surface area contributed by atoms with Crippen LogP contribution in [0.5, 0.6) is 0 Å². The van der Waals surface area contributed by atoms with Crippen LogP contribution in [0.25, 0.3) is 10.9 Å². The Morgan fingerprint density at radius 3 is 3.00 bits per heavy atom. The largest absolute Gasteiger partial charge is 0.361 e. The fraction of sp³-hybridized carbons (Fsp3) is 0.182. The molecule has 16 heavy (non-hydrogen) atoms. The van der Waals surface area contributed by atoms with Crippen molar-refractivity contribution < 1.29 is 10.0 Å². The highest BCUT2D eigenvalue weighted by Crippen LogP contribution is 2.18. The van der Waals surface area contributed by atoms with Crippen molar-refractivity contribution in [2.24, 2.45) is 5.73 Å². The number of amides is 1. The molecule has 0 aliphatic rings. The molecule has 5 N–H and O–H groups in total. The van der Waals surface area contributed by atoms with Gasteiger partial charge in [-0.2, -0.15) is 0 Å². The number of carbonyl (C=O) groups excluding carboxylic acids is 1. The first kappa shape index (κ1) is 10.7. The third kappa shape index (κ3) is 1.91. The monoisotopic (exact) mass is 219 g/mol. The lowest BCUT2D eigenvalue weighted by atomic mass is 10.1. The summed E-state index contributed by atoms with van der Waals surface area (Å²) in [6, 6.07) is 7.03. The number of nitrogens with one attached hydrogen (secondary N) is 2. The van der Waals surface area contributed by atoms with Crippen LogP contribution in [0.3, 0.4) is 0 Å². The summed E-state index contributed by atoms with van der Waals surface area (Å²) in [7, 11) is 0. The van der Waals surface area contributed by atoms with Gasteiger partial charge in [0.2, 0.25) is 0 Å². The minimum absolute atomic E-state index is 0.385. The number of hydroxylamine groups is 1. The number of benzene rings is 1. The number of aromatic nitrogens is 1. The Balaban J connectivity index is 2.24. The molecular formula is C11H13N3O2. The van der Waals surface area contributed by atoms with Crippen LogP contribution in [0, 0.1) is 0 Å². The molecule has 1 amide bonds. The molecule has 1 heterocycles. The van der Waals surface area contributed by atoms with Gasteiger partial charge in [0.25, 0.3) is 5.91 Å². The van der Waals surface area contributed by atoms with Gasteiger partial charge in [-0.3, -0.25) is 10.0 Å². The molecule has 2 aromatic rings. The van der Waals surface area contributed by atoms with Gasteiger partial charge in [-0.1, -0.05) is 18.2 Å². The maximum Gasteiger partial charge on any atom is 0.260 e. The lowest BCUT2D eigenvalue weighted by molar-refractivity contribution is -0.130. The first-order valence-corrected chi connectivity index (χ1v) is 4.97. The minimum Gasteiger partial charge on any atom is -0.361 e. The smallest absolute Gasteiger partial charge is 0.260 e. The zero-order valence-corrected chi connectivity index (χ0v) is 8.60. The summed E-state index contributed by atoms with van der Waals surface area (Å²) in [5.74, 6) is -0.578. The molecule has 0 fully saturated rings. The molecule has 5 nitrogen and oxygen atoms in total. The summed E-state index contributed by atoms with van der Waals surface area (Å²) in [5.41, 5.74) is 9.15. The normalized spacial score (nSPS) is 12.6. The summed E-state index contributed by atoms with van der Waals surface area (Å²) in [5, 5.41) is 9.50. The Hall–Kier alpha value is -1.85. The van der Waals surface area contributed by atoms with E-state index in [9.17, 15) is 4.79 Å². The van der Waals surface area contributed by atoms with Gasteiger partial charge in [0, 0.05) is 17.1 Å². The van der Waals surface area contributed by atoms with Crippen LogP contribution < -0.4 is 11.2 Å². The Bertz CT molecular complexity index is 507. The second-order valence-electron chi connectivity index (χ2n) is 3.65. The van der Waals surface area contributed by atoms with Crippen LogP contribution in [0.1, 0.15) is 5.56 Å². The Morgan fingerprint density at radius 1 is 1.50 bits per heavy atom. The molecule has 0 spiro atoms. The molecule has 1 aromatic heterocycles. The molecule has 0 unspecified atom stereocenters. The minimum atomic E-state index is -0.746. The molecule has 5 heteroatoms. The van der Waals surface area contributed by atoms with Crippen LogP contribution in [0.15, 0.2) is 30.5 Å². The molecule has 2 rings (SSSR count). The van der Waals surface area contributed by atoms with Crippen molar-refractivity contribution in [3.8, 4) is 0 Å². The third-order valence-corrected chi connectivity index (χ3v) is 2.56. The number of aromatic amines is 1. The third-order valence-electron chi connectivity index (χ3n) is 2.56. The van der Waals surface area contributed by atoms with Crippen molar-refractivity contribution in [1.29, 1.82) is 0 Å². The highest BCUT2D eigenvalue weighted by Gasteiger charge is 2.15. The number of carbonyl (C=O) groups is 1. The van der Waals surface area contributed by atoms with Crippen LogP contribution in [-0.2, 0) is 11.2 Å². The topological polar surface area (TPSA) is 91.1 Å². The predicted molar refractivity (Wildman–Crippen MR) is 59.9 cm³/mol. The summed E-state index contributed by atoms with van der Waals surface area (Å²) in [4.78, 5) is 14.2. The zero-order valence-electron chi connectivity index (χ0n) is 8.60. The fourth-order valence-corrected chi connectivity index (χ4v) is 1.71. The SMILES string of the molecule is N[C@H](Cc1c[nH]c2ccccc12)C(=O)NO. The van der Waals surface area contributed by atoms with Crippen molar-refractivity contribution in [3.63, 3.8) is 0 Å². The fourth-order valence-electron chi connectivity index (χ4n) is 1.71. The van der Waals surface area contributed by atoms with E-state index in [-0.39, 0.29) is 0 Å². The van der Waals surface area contributed by atoms with Crippen LogP contribution in [0.4, 0.5) is 0 Å². The molecular weight excluding hydrogens is 206 g/mol. The van der Waals surface area contributed by atoms with E-state index in [1.54, 1.807) is 5.48 Å². The van der Waals surface area contributed by atoms with Crippen molar-refractivity contribution in [2.75, 3.05) is 0 Å². The molecule has 84 valence electrons. The lowest BCUT2D eigenvalue weighted by Crippen LogP contribution is -2.40. The van der Waals surface area contributed by atoms with E-state index in [1.807, 2.05) is 30.5 Å². The molecule has 0 saturated carbocycles. The number of hydrogen-bond acceptors (Lipinski definition) is 3. The van der Waals surface area contributed by atoms with Gasteiger partial charge in [-0.25, -0.2) is 5.48 Å². The predicted octanol–water partition coefficient (Wildman–Crippen LogP) is 0.543. The number of fused-ring (bicyclic) bond motifs is 1. The lowest BCUT2D eigenvalue weighted by Gasteiger charge is -2.07. The van der Waals surface area contributed by atoms with Gasteiger partial charge in [0.15, 0.2) is 0 Å². The average Bonchev–Trinajstić information content (AvgIpc) is 2.72. The van der Waals surface area contributed by atoms with Crippen LogP contribution in [0.2, 0.25) is 0 Å². The van der Waals surface area contributed by atoms with E-state index in [2.05, 4.69) is 4.98 Å². The Morgan fingerprint density at radius 2 is 2.25 bits per heavy atom. The van der Waals surface area contributed by atoms with E-state index >= 15 is 0 Å². The second kappa shape index (κ2) is 4.34. The number of hydrogen-bond donors (Lipinski definition) is 4. The van der Waals surface area contributed by atoms with Crippen molar-refractivity contribution in [1.82, 2.24) is 10.5 Å². The second-order valence-corrected chi connectivity index (χ2v) is 3.65. The van der Waals surface area contributed by atoms with Crippen molar-refractivity contribution >= 4 is 16.8 Å². The van der Waals surface area contributed by atoms with Gasteiger partial charge in [-0.05, 0) is 18.1 Å². The molecule has 0 aliphatic carbocycles. The van der Waals surface area contributed by atoms with E-state index in [0.717, 1.165) is 16.5 Å². The number of rotatable bonds is 3. The summed E-state index contributed by atoms with van der Waals surface area (Å²) >= 11 is 0. The number of H-pyrrole nitrogens is 1. The Kier molecular flexibility index (Phi) is 2.89. The van der Waals surface area contributed by atoms with Gasteiger partial charge >= 0.3 is 0 Å². The quantitative estimate of drug-likeness (QED) is 0.448. The van der Waals surface area contributed by atoms with Gasteiger partial charge in [0.05, 0.1) is 6.04 Å². The van der Waals surface area contributed by atoms with Crippen LogP contribution in [-0.4, -0.2) is 22.1 Å². The van der Waals surface area contributed by atoms with E-state index in [1.165, 1.54) is 0 Å². The van der Waals surface area contributed by atoms with Gasteiger partial charge in [0.1, 0.15) is 0 Å². The average molecular weight is 219 g/mol. The zero-order chi connectivity index (χ0) is 11.5. The van der Waals surface area contributed by atoms with E-state index < -0.39 is 11.9 Å². The number of para-hydroxylation sites is 1. The summed E-state index contributed by atoms with van der Waals surface area (Å²) in [6.07, 6.45) is 2.21. The van der Waals surface area contributed by atoms with Gasteiger partial charge in [-0.15, -0.1) is 0 Å². The van der Waals surface area contributed by atoms with Crippen LogP contribution >= 0.6 is 0 Å². The van der Waals surface area contributed by atoms with Crippen molar-refractivity contribution in [3.05, 3.63) is 36.0 Å². The Labute approximate surface area is 92.2 Å². The molecule has 1 aromatic carbocycles. The summed E-state index contributed by atoms with van der Waals surface area (Å²) < 4.78 is 0. The molecule has 1 atom stereocenters. The maximum atomic E-state index is 11.1. The molecule has 0 bridgehead atoms. The first-order chi connectivity index (χ1) is 7.72. The summed E-state index contributed by atoms with van der Waals surface area (Å²) in [6.45, 7) is 0. The number of nitrogens with two attached hydrogens (primary N) is 1. The molecule has 0 radical (unpaired) electrons. The van der Waals surface area contributed by atoms with Crippen molar-refractivity contribution in [2.45, 2.75) is 12.5 Å². The first-order valence-electron chi connectivity index (χ1n) is 4.97. The molecule has 0 saturated heterocycles. The van der Waals surface area contributed by atoms with E-state index in [0.29, 0.717) is 6.42 Å². The van der Waals surface area contributed by atoms with Gasteiger partial charge < -0.3 is 10.7 Å². The van der Waals surface area contributed by atoms with E-state index in [4.69, 9.17) is 10.9 Å². The maximum absolute atomic E-state index is 11.1. The molecule has 0 aliphatic heterocycles. The standard InChI is InChI=1S/C11H13N3O2/c12-9(11(15)14-16)5-7-6-13-10-4-2-1-3-8(7)10/h1-4,6,9,13,16H,5,12H2,(H,14,15)/t9-/m1/s1. The highest BCUT2D eigenvalue weighted by molar-refractivity contribution is 5.85. The highest BCUT2D eigenvalue weighted by atomic mass is 16.5.